The second kappa shape index (κ2) is 19.1. The van der Waals surface area contributed by atoms with E-state index in [0.717, 1.165) is 12.2 Å². The van der Waals surface area contributed by atoms with Gasteiger partial charge in [-0.2, -0.15) is 0 Å². The molecule has 264 valence electrons. The fourth-order valence-corrected chi connectivity index (χ4v) is 5.68. The quantitative estimate of drug-likeness (QED) is 0.172. The Morgan fingerprint density at radius 3 is 2.35 bits per heavy atom. The fraction of sp³-hybridized carbons (Fsp3) is 0.471. The van der Waals surface area contributed by atoms with Crippen LogP contribution in [-0.2, 0) is 52.9 Å². The largest absolute Gasteiger partial charge is 0.469 e. The average molecular weight is 680 g/mol. The summed E-state index contributed by atoms with van der Waals surface area (Å²) in [6.45, 7) is 0.856. The van der Waals surface area contributed by atoms with E-state index in [0.29, 0.717) is 55.7 Å². The van der Waals surface area contributed by atoms with E-state index in [1.54, 1.807) is 36.4 Å². The van der Waals surface area contributed by atoms with Crippen LogP contribution < -0.4 is 37.6 Å². The molecule has 15 nitrogen and oxygen atoms in total. The summed E-state index contributed by atoms with van der Waals surface area (Å²) in [6.07, 6.45) is 5.77. The van der Waals surface area contributed by atoms with Crippen LogP contribution in [-0.4, -0.2) is 86.4 Å². The maximum Gasteiger partial charge on any atom is 0.244 e. The van der Waals surface area contributed by atoms with Crippen LogP contribution >= 0.6 is 0 Å². The molecule has 6 amide bonds. The highest BCUT2D eigenvalue weighted by Gasteiger charge is 2.31. The van der Waals surface area contributed by atoms with Crippen LogP contribution in [0.1, 0.15) is 42.6 Å². The molecule has 3 aliphatic rings. The lowest BCUT2D eigenvalue weighted by Gasteiger charge is -2.29. The Morgan fingerprint density at radius 2 is 1.61 bits per heavy atom. The molecular weight excluding hydrogens is 634 g/mol. The maximum absolute atomic E-state index is 13.5. The zero-order valence-corrected chi connectivity index (χ0v) is 27.3. The van der Waals surface area contributed by atoms with Gasteiger partial charge < -0.3 is 46.8 Å². The monoisotopic (exact) mass is 679 g/mol. The summed E-state index contributed by atoms with van der Waals surface area (Å²) in [5.74, 6) is -2.64. The van der Waals surface area contributed by atoms with Gasteiger partial charge in [-0.05, 0) is 48.9 Å². The molecule has 2 atom stereocenters. The second-order valence-corrected chi connectivity index (χ2v) is 12.0. The molecule has 2 aromatic rings. The van der Waals surface area contributed by atoms with Crippen molar-refractivity contribution in [3.63, 3.8) is 0 Å². The van der Waals surface area contributed by atoms with E-state index in [2.05, 4.69) is 31.9 Å². The van der Waals surface area contributed by atoms with Crippen molar-refractivity contribution in [2.24, 2.45) is 11.7 Å². The highest BCUT2D eigenvalue weighted by Crippen LogP contribution is 2.25. The fourth-order valence-electron chi connectivity index (χ4n) is 5.68. The van der Waals surface area contributed by atoms with Gasteiger partial charge >= 0.3 is 0 Å². The summed E-state index contributed by atoms with van der Waals surface area (Å²) in [5.41, 5.74) is 6.69. The molecular formula is C34H45N7O8. The minimum Gasteiger partial charge on any atom is -0.469 e. The highest BCUT2D eigenvalue weighted by molar-refractivity contribution is 5.97. The molecule has 1 saturated carbocycles. The molecule has 0 saturated heterocycles. The number of nitrogens with two attached hydrogens (primary N) is 1. The smallest absolute Gasteiger partial charge is 0.244 e. The summed E-state index contributed by atoms with van der Waals surface area (Å²) < 4.78 is 10.7. The van der Waals surface area contributed by atoms with Gasteiger partial charge in [0.15, 0.2) is 0 Å². The number of carbonyl (C=O) groups is 6. The van der Waals surface area contributed by atoms with Crippen LogP contribution in [0, 0.1) is 5.92 Å². The maximum atomic E-state index is 13.5. The van der Waals surface area contributed by atoms with Crippen molar-refractivity contribution in [3.8, 4) is 0 Å². The average Bonchev–Trinajstić information content (AvgIpc) is 3.61. The molecule has 5 rings (SSSR count). The van der Waals surface area contributed by atoms with Gasteiger partial charge in [0.05, 0.1) is 25.9 Å². The first-order valence-electron chi connectivity index (χ1n) is 16.5. The number of furan rings is 1. The van der Waals surface area contributed by atoms with Gasteiger partial charge in [-0.3, -0.25) is 28.8 Å². The molecule has 1 fully saturated rings. The Kier molecular flexibility index (Phi) is 14.3. The summed E-state index contributed by atoms with van der Waals surface area (Å²) in [6, 6.07) is 8.24. The molecule has 1 aromatic heterocycles. The Morgan fingerprint density at radius 1 is 0.857 bits per heavy atom. The summed E-state index contributed by atoms with van der Waals surface area (Å²) in [4.78, 5) is 78.1. The molecule has 3 heterocycles. The lowest BCUT2D eigenvalue weighted by Crippen LogP contribution is -2.53. The van der Waals surface area contributed by atoms with Gasteiger partial charge in [0.1, 0.15) is 17.8 Å². The molecule has 0 unspecified atom stereocenters. The number of ether oxygens (including phenoxy) is 1. The van der Waals surface area contributed by atoms with Crippen LogP contribution in [0.5, 0.6) is 0 Å². The standard InChI is InChI=1S/C34H45N7O8/c35-13-16-48-17-14-36-34(47)28-21-37-29(42)11-12-30(43)39-25-9-7-22(8-10-25)32(45)41-27(19-26-6-3-15-49-26)33(46)38-20-24-5-2-1-4-23(24)18-31(44)40-28/h1-6,11-12,15,22,25,27-28H,7-10,13-14,16-21,35H2,(H,36,47)(H,37,42)(H,38,46)(H,39,43)(H,40,44)(H,41,45)/b12-11-/t22?,25?,27-,28-/m0/s1. The number of nitrogens with one attached hydrogen (secondary N) is 6. The van der Waals surface area contributed by atoms with Crippen LogP contribution in [0.3, 0.4) is 0 Å². The number of fused-ring (bicyclic) bond motifs is 16. The van der Waals surface area contributed by atoms with Gasteiger partial charge in [0.25, 0.3) is 0 Å². The SMILES string of the molecule is NCCOCCNC(=O)[C@@H]1CNC(=O)/C=C\C(=O)NC2CCC(CC2)C(=O)N[C@@H](Cc2ccco2)C(=O)NCc2ccccc2CC(=O)N1. The third-order valence-corrected chi connectivity index (χ3v) is 8.31. The van der Waals surface area contributed by atoms with Crippen molar-refractivity contribution >= 4 is 35.4 Å². The van der Waals surface area contributed by atoms with E-state index in [9.17, 15) is 28.8 Å². The van der Waals surface area contributed by atoms with E-state index in [1.165, 1.54) is 6.26 Å². The summed E-state index contributed by atoms with van der Waals surface area (Å²) in [5, 5.41) is 16.5. The van der Waals surface area contributed by atoms with E-state index in [4.69, 9.17) is 14.9 Å². The van der Waals surface area contributed by atoms with Crippen molar-refractivity contribution in [2.45, 2.75) is 63.2 Å². The number of rotatable bonds is 8. The second-order valence-electron chi connectivity index (χ2n) is 12.0. The summed E-state index contributed by atoms with van der Waals surface area (Å²) in [7, 11) is 0. The Labute approximate surface area is 284 Å². The Hall–Kier alpha value is -5.02. The van der Waals surface area contributed by atoms with Gasteiger partial charge in [-0.25, -0.2) is 0 Å². The molecule has 2 bridgehead atoms. The molecule has 0 radical (unpaired) electrons. The zero-order valence-electron chi connectivity index (χ0n) is 27.3. The predicted molar refractivity (Wildman–Crippen MR) is 177 cm³/mol. The Balaban J connectivity index is 1.52. The molecule has 0 spiro atoms. The van der Waals surface area contributed by atoms with Crippen molar-refractivity contribution in [3.05, 3.63) is 71.7 Å². The van der Waals surface area contributed by atoms with Crippen molar-refractivity contribution in [2.75, 3.05) is 32.8 Å². The number of carbonyl (C=O) groups excluding carboxylic acids is 6. The van der Waals surface area contributed by atoms with Crippen molar-refractivity contribution in [1.82, 2.24) is 31.9 Å². The topological polar surface area (TPSA) is 223 Å². The first kappa shape index (κ1) is 36.8. The number of benzene rings is 1. The zero-order chi connectivity index (χ0) is 35.0. The van der Waals surface area contributed by atoms with Gasteiger partial charge in [-0.15, -0.1) is 0 Å². The van der Waals surface area contributed by atoms with Gasteiger partial charge in [-0.1, -0.05) is 24.3 Å². The lowest BCUT2D eigenvalue weighted by atomic mass is 9.85. The first-order chi connectivity index (χ1) is 23.7. The highest BCUT2D eigenvalue weighted by atomic mass is 16.5. The third-order valence-electron chi connectivity index (χ3n) is 8.31. The van der Waals surface area contributed by atoms with Crippen LogP contribution in [0.2, 0.25) is 0 Å². The summed E-state index contributed by atoms with van der Waals surface area (Å²) >= 11 is 0. The van der Waals surface area contributed by atoms with E-state index in [1.807, 2.05) is 0 Å². The normalized spacial score (nSPS) is 23.6. The minimum absolute atomic E-state index is 0.0761. The minimum atomic E-state index is -1.14. The molecule has 1 aromatic carbocycles. The predicted octanol–water partition coefficient (Wildman–Crippen LogP) is -0.897. The molecule has 15 heteroatoms. The molecule has 2 aliphatic heterocycles. The van der Waals surface area contributed by atoms with Gasteiger partial charge in [0, 0.05) is 56.7 Å². The molecule has 1 aliphatic carbocycles. The third kappa shape index (κ3) is 12.2. The van der Waals surface area contributed by atoms with Crippen molar-refractivity contribution in [1.29, 1.82) is 0 Å². The molecule has 8 N–H and O–H groups in total. The first-order valence-corrected chi connectivity index (χ1v) is 16.5. The van der Waals surface area contributed by atoms with Crippen LogP contribution in [0.4, 0.5) is 0 Å². The van der Waals surface area contributed by atoms with Crippen LogP contribution in [0.15, 0.2) is 59.2 Å². The lowest BCUT2D eigenvalue weighted by molar-refractivity contribution is -0.132. The van der Waals surface area contributed by atoms with Crippen molar-refractivity contribution < 1.29 is 37.9 Å². The number of hydrogen-bond acceptors (Lipinski definition) is 9. The molecule has 49 heavy (non-hydrogen) atoms. The Bertz CT molecular complexity index is 1470. The van der Waals surface area contributed by atoms with Crippen LogP contribution in [0.25, 0.3) is 0 Å². The number of hydrogen-bond donors (Lipinski definition) is 7. The van der Waals surface area contributed by atoms with Gasteiger partial charge in [0.2, 0.25) is 35.4 Å². The van der Waals surface area contributed by atoms with E-state index in [-0.39, 0.29) is 56.9 Å². The number of amides is 6. The van der Waals surface area contributed by atoms with E-state index < -0.39 is 41.6 Å². The van der Waals surface area contributed by atoms with E-state index >= 15 is 0 Å².